The fraction of sp³-hybridized carbons (Fsp3) is 0.409. The Morgan fingerprint density at radius 3 is 2.45 bits per heavy atom. The van der Waals surface area contributed by atoms with Crippen LogP contribution in [0.25, 0.3) is 0 Å². The van der Waals surface area contributed by atoms with Crippen LogP contribution in [0.2, 0.25) is 0 Å². The van der Waals surface area contributed by atoms with Crippen molar-refractivity contribution >= 4 is 17.4 Å². The molecule has 0 spiro atoms. The van der Waals surface area contributed by atoms with Crippen LogP contribution in [0.15, 0.2) is 42.5 Å². The minimum Gasteiger partial charge on any atom is -0.493 e. The van der Waals surface area contributed by atoms with Crippen molar-refractivity contribution in [3.8, 4) is 11.5 Å². The highest BCUT2D eigenvalue weighted by atomic mass is 16.5. The molecule has 0 saturated carbocycles. The molecule has 2 aromatic rings. The summed E-state index contributed by atoms with van der Waals surface area (Å²) < 4.78 is 11.0. The molecule has 2 N–H and O–H groups in total. The number of piperazine rings is 1. The number of ether oxygens (including phenoxy) is 2. The standard InChI is InChI=1S/C22H30N4O3/c1-17-4-9-20(21(16-17)28-3)29-15-10-23-22(27)24-18-5-7-19(8-6-18)26-13-11-25(2)12-14-26/h4-9,16H,10-15H2,1-3H3,(H2,23,24,27). The number of methoxy groups -OCH3 is 1. The van der Waals surface area contributed by atoms with Crippen LogP contribution in [0.5, 0.6) is 11.5 Å². The Bertz CT molecular complexity index is 802. The van der Waals surface area contributed by atoms with Gasteiger partial charge in [0, 0.05) is 37.6 Å². The summed E-state index contributed by atoms with van der Waals surface area (Å²) in [4.78, 5) is 16.8. The maximum atomic E-state index is 12.1. The SMILES string of the molecule is COc1cc(C)ccc1OCCNC(=O)Nc1ccc(N2CCN(C)CC2)cc1. The normalized spacial score (nSPS) is 14.4. The number of hydrogen-bond acceptors (Lipinski definition) is 5. The van der Waals surface area contributed by atoms with E-state index in [1.165, 1.54) is 5.69 Å². The van der Waals surface area contributed by atoms with E-state index in [1.807, 2.05) is 49.4 Å². The number of nitrogens with one attached hydrogen (secondary N) is 2. The monoisotopic (exact) mass is 398 g/mol. The molecule has 1 aliphatic heterocycles. The van der Waals surface area contributed by atoms with Crippen LogP contribution < -0.4 is 25.0 Å². The first-order valence-electron chi connectivity index (χ1n) is 9.91. The molecule has 29 heavy (non-hydrogen) atoms. The van der Waals surface area contributed by atoms with Gasteiger partial charge in [-0.3, -0.25) is 0 Å². The second kappa shape index (κ2) is 10.0. The Morgan fingerprint density at radius 1 is 1.03 bits per heavy atom. The number of benzene rings is 2. The second-order valence-electron chi connectivity index (χ2n) is 7.22. The molecule has 2 amide bonds. The van der Waals surface area contributed by atoms with Gasteiger partial charge in [0.2, 0.25) is 0 Å². The zero-order chi connectivity index (χ0) is 20.6. The number of likely N-dealkylation sites (N-methyl/N-ethyl adjacent to an activating group) is 1. The van der Waals surface area contributed by atoms with Gasteiger partial charge in [0.15, 0.2) is 11.5 Å². The fourth-order valence-corrected chi connectivity index (χ4v) is 3.22. The molecular formula is C22H30N4O3. The van der Waals surface area contributed by atoms with Gasteiger partial charge in [-0.2, -0.15) is 0 Å². The van der Waals surface area contributed by atoms with Crippen LogP contribution in [-0.4, -0.2) is 64.4 Å². The van der Waals surface area contributed by atoms with Crippen molar-refractivity contribution < 1.29 is 14.3 Å². The number of aryl methyl sites for hydroxylation is 1. The van der Waals surface area contributed by atoms with Gasteiger partial charge in [-0.15, -0.1) is 0 Å². The Hall–Kier alpha value is -2.93. The number of carbonyl (C=O) groups excluding carboxylic acids is 1. The number of urea groups is 1. The van der Waals surface area contributed by atoms with Gasteiger partial charge < -0.3 is 29.9 Å². The summed E-state index contributed by atoms with van der Waals surface area (Å²) in [5.41, 5.74) is 3.05. The topological polar surface area (TPSA) is 66.1 Å². The summed E-state index contributed by atoms with van der Waals surface area (Å²) >= 11 is 0. The first-order chi connectivity index (χ1) is 14.0. The van der Waals surface area contributed by atoms with E-state index in [1.54, 1.807) is 7.11 Å². The number of carbonyl (C=O) groups is 1. The summed E-state index contributed by atoms with van der Waals surface area (Å²) in [5, 5.41) is 5.65. The molecular weight excluding hydrogens is 368 g/mol. The minimum absolute atomic E-state index is 0.253. The third-order valence-corrected chi connectivity index (χ3v) is 4.96. The lowest BCUT2D eigenvalue weighted by Crippen LogP contribution is -2.44. The van der Waals surface area contributed by atoms with Crippen molar-refractivity contribution in [1.29, 1.82) is 0 Å². The molecule has 0 unspecified atom stereocenters. The van der Waals surface area contributed by atoms with Gasteiger partial charge in [-0.1, -0.05) is 6.07 Å². The highest BCUT2D eigenvalue weighted by Crippen LogP contribution is 2.27. The van der Waals surface area contributed by atoms with Crippen molar-refractivity contribution in [1.82, 2.24) is 10.2 Å². The van der Waals surface area contributed by atoms with Crippen LogP contribution in [-0.2, 0) is 0 Å². The molecule has 1 aliphatic rings. The summed E-state index contributed by atoms with van der Waals surface area (Å²) in [5.74, 6) is 1.36. The molecule has 7 nitrogen and oxygen atoms in total. The zero-order valence-corrected chi connectivity index (χ0v) is 17.4. The molecule has 1 saturated heterocycles. The fourth-order valence-electron chi connectivity index (χ4n) is 3.22. The van der Waals surface area contributed by atoms with Gasteiger partial charge >= 0.3 is 6.03 Å². The average molecular weight is 399 g/mol. The first kappa shape index (κ1) is 20.8. The van der Waals surface area contributed by atoms with Crippen molar-refractivity contribution in [2.24, 2.45) is 0 Å². The van der Waals surface area contributed by atoms with E-state index in [-0.39, 0.29) is 6.03 Å². The number of amides is 2. The Morgan fingerprint density at radius 2 is 1.76 bits per heavy atom. The third-order valence-electron chi connectivity index (χ3n) is 4.96. The first-order valence-corrected chi connectivity index (χ1v) is 9.91. The van der Waals surface area contributed by atoms with E-state index >= 15 is 0 Å². The number of rotatable bonds is 7. The predicted octanol–water partition coefficient (Wildman–Crippen LogP) is 2.96. The van der Waals surface area contributed by atoms with Crippen molar-refractivity contribution in [3.05, 3.63) is 48.0 Å². The van der Waals surface area contributed by atoms with Gasteiger partial charge in [0.05, 0.1) is 13.7 Å². The van der Waals surface area contributed by atoms with E-state index in [0.717, 1.165) is 37.4 Å². The molecule has 156 valence electrons. The van der Waals surface area contributed by atoms with Crippen LogP contribution in [0, 0.1) is 6.92 Å². The lowest BCUT2D eigenvalue weighted by Gasteiger charge is -2.34. The van der Waals surface area contributed by atoms with Gasteiger partial charge in [0.1, 0.15) is 6.61 Å². The van der Waals surface area contributed by atoms with E-state index in [4.69, 9.17) is 9.47 Å². The van der Waals surface area contributed by atoms with Crippen LogP contribution in [0.4, 0.5) is 16.2 Å². The summed E-state index contributed by atoms with van der Waals surface area (Å²) in [7, 11) is 3.76. The number of anilines is 2. The lowest BCUT2D eigenvalue weighted by atomic mass is 10.2. The molecule has 0 radical (unpaired) electrons. The smallest absolute Gasteiger partial charge is 0.319 e. The van der Waals surface area contributed by atoms with E-state index in [0.29, 0.717) is 24.7 Å². The Balaban J connectivity index is 1.40. The van der Waals surface area contributed by atoms with Crippen molar-refractivity contribution in [2.75, 3.05) is 63.7 Å². The molecule has 3 rings (SSSR count). The average Bonchev–Trinajstić information content (AvgIpc) is 2.73. The molecule has 0 aliphatic carbocycles. The van der Waals surface area contributed by atoms with Crippen molar-refractivity contribution in [2.45, 2.75) is 6.92 Å². The molecule has 0 atom stereocenters. The number of nitrogens with zero attached hydrogens (tertiary/aromatic N) is 2. The maximum absolute atomic E-state index is 12.1. The summed E-state index contributed by atoms with van der Waals surface area (Å²) in [6.45, 7) is 6.93. The molecule has 7 heteroatoms. The lowest BCUT2D eigenvalue weighted by molar-refractivity contribution is 0.246. The third kappa shape index (κ3) is 6.02. The highest BCUT2D eigenvalue weighted by molar-refractivity contribution is 5.89. The summed E-state index contributed by atoms with van der Waals surface area (Å²) in [6.07, 6.45) is 0. The number of hydrogen-bond donors (Lipinski definition) is 2. The second-order valence-corrected chi connectivity index (χ2v) is 7.22. The van der Waals surface area contributed by atoms with Gasteiger partial charge in [-0.05, 0) is 55.9 Å². The maximum Gasteiger partial charge on any atom is 0.319 e. The van der Waals surface area contributed by atoms with E-state index in [2.05, 4.69) is 27.5 Å². The van der Waals surface area contributed by atoms with Crippen LogP contribution in [0.3, 0.4) is 0 Å². The summed E-state index contributed by atoms with van der Waals surface area (Å²) in [6, 6.07) is 13.5. The Labute approximate surface area is 172 Å². The van der Waals surface area contributed by atoms with Gasteiger partial charge in [-0.25, -0.2) is 4.79 Å². The zero-order valence-electron chi connectivity index (χ0n) is 17.4. The molecule has 2 aromatic carbocycles. The van der Waals surface area contributed by atoms with Crippen LogP contribution in [0.1, 0.15) is 5.56 Å². The van der Waals surface area contributed by atoms with E-state index < -0.39 is 0 Å². The molecule has 0 aromatic heterocycles. The quantitative estimate of drug-likeness (QED) is 0.702. The minimum atomic E-state index is -0.253. The van der Waals surface area contributed by atoms with E-state index in [9.17, 15) is 4.79 Å². The van der Waals surface area contributed by atoms with Crippen molar-refractivity contribution in [3.63, 3.8) is 0 Å². The molecule has 1 heterocycles. The Kier molecular flexibility index (Phi) is 7.19. The highest BCUT2D eigenvalue weighted by Gasteiger charge is 2.14. The molecule has 0 bridgehead atoms. The van der Waals surface area contributed by atoms with Crippen LogP contribution >= 0.6 is 0 Å². The largest absolute Gasteiger partial charge is 0.493 e. The molecule has 1 fully saturated rings. The van der Waals surface area contributed by atoms with Gasteiger partial charge in [0.25, 0.3) is 0 Å². The predicted molar refractivity (Wildman–Crippen MR) is 116 cm³/mol.